The van der Waals surface area contributed by atoms with Crippen LogP contribution in [0.1, 0.15) is 22.6 Å². The number of rotatable bonds is 6. The van der Waals surface area contributed by atoms with Gasteiger partial charge in [0.1, 0.15) is 12.2 Å². The van der Waals surface area contributed by atoms with Gasteiger partial charge in [-0.3, -0.25) is 4.90 Å². The molecule has 1 atom stereocenters. The van der Waals surface area contributed by atoms with Crippen molar-refractivity contribution in [2.24, 2.45) is 5.92 Å². The van der Waals surface area contributed by atoms with Gasteiger partial charge in [-0.1, -0.05) is 24.0 Å². The van der Waals surface area contributed by atoms with Crippen LogP contribution in [-0.4, -0.2) is 54.9 Å². The molecule has 5 rings (SSSR count). The number of thiophene rings is 2. The normalized spacial score (nSPS) is 26.6. The predicted octanol–water partition coefficient (Wildman–Crippen LogP) is 3.27. The van der Waals surface area contributed by atoms with E-state index in [1.165, 1.54) is 22.7 Å². The fourth-order valence-corrected chi connectivity index (χ4v) is 5.95. The van der Waals surface area contributed by atoms with Crippen LogP contribution in [0.5, 0.6) is 0 Å². The zero-order valence-corrected chi connectivity index (χ0v) is 17.4. The van der Waals surface area contributed by atoms with E-state index in [0.717, 1.165) is 42.2 Å². The van der Waals surface area contributed by atoms with Crippen LogP contribution in [0.4, 0.5) is 0 Å². The fraction of sp³-hybridized carbons (Fsp3) is 0.476. The minimum atomic E-state index is -1.10. The van der Waals surface area contributed by atoms with E-state index in [-0.39, 0.29) is 0 Å². The molecule has 5 heterocycles. The van der Waals surface area contributed by atoms with Crippen LogP contribution in [0.2, 0.25) is 0 Å². The first kappa shape index (κ1) is 19.6. The number of aliphatic carboxylic acids is 1. The van der Waals surface area contributed by atoms with Crippen molar-refractivity contribution in [1.29, 1.82) is 0 Å². The van der Waals surface area contributed by atoms with Crippen molar-refractivity contribution in [2.75, 3.05) is 33.4 Å². The molecule has 3 aliphatic heterocycles. The monoisotopic (exact) mass is 417 g/mol. The van der Waals surface area contributed by atoms with Crippen molar-refractivity contribution >= 4 is 28.6 Å². The molecule has 2 bridgehead atoms. The highest BCUT2D eigenvalue weighted by molar-refractivity contribution is 7.11. The van der Waals surface area contributed by atoms with Crippen LogP contribution in [-0.2, 0) is 19.9 Å². The van der Waals surface area contributed by atoms with Crippen molar-refractivity contribution in [1.82, 2.24) is 4.90 Å². The molecule has 0 amide bonds. The summed E-state index contributed by atoms with van der Waals surface area (Å²) in [5, 5.41) is 13.2. The number of hydrogen-bond donors (Lipinski definition) is 1. The highest BCUT2D eigenvalue weighted by Gasteiger charge is 2.47. The van der Waals surface area contributed by atoms with Gasteiger partial charge >= 0.3 is 5.97 Å². The number of hydrogen-bond acceptors (Lipinski definition) is 6. The van der Waals surface area contributed by atoms with E-state index in [0.29, 0.717) is 5.92 Å². The molecule has 0 aromatic carbocycles. The van der Waals surface area contributed by atoms with Gasteiger partial charge in [-0.05, 0) is 48.8 Å². The first-order valence-corrected chi connectivity index (χ1v) is 11.1. The second kappa shape index (κ2) is 7.97. The van der Waals surface area contributed by atoms with E-state index in [2.05, 4.69) is 16.7 Å². The van der Waals surface area contributed by atoms with Crippen LogP contribution in [0.15, 0.2) is 35.0 Å². The summed E-state index contributed by atoms with van der Waals surface area (Å²) in [6, 6.07) is 7.79. The molecule has 3 saturated heterocycles. The highest BCUT2D eigenvalue weighted by Crippen LogP contribution is 2.41. The fourth-order valence-electron chi connectivity index (χ4n) is 4.19. The number of fused-ring (bicyclic) bond motifs is 3. The zero-order chi connectivity index (χ0) is 19.6. The van der Waals surface area contributed by atoms with E-state index in [1.807, 2.05) is 35.0 Å². The number of methoxy groups -OCH3 is 1. The van der Waals surface area contributed by atoms with Gasteiger partial charge in [0.25, 0.3) is 0 Å². The number of ether oxygens (including phenoxy) is 2. The standard InChI is InChI=1S/C21H23NO4S2/c1-25-20(15-22-10-6-16(20)7-11-22)8-9-21(26-14-19(23)24,17-4-2-12-27-17)18-5-3-13-28-18/h2-5,12-13,16H,6-7,10-11,14-15H2,1H3,(H,23,24)/t20-/m1/s1. The SMILES string of the molecule is CO[C@]1(C#CC(OCC(=O)O)(c2cccs2)c2cccs2)CN2CCC1CC2. The van der Waals surface area contributed by atoms with Crippen molar-refractivity contribution < 1.29 is 19.4 Å². The summed E-state index contributed by atoms with van der Waals surface area (Å²) in [6.07, 6.45) is 2.15. The minimum absolute atomic E-state index is 0.388. The van der Waals surface area contributed by atoms with Gasteiger partial charge in [0, 0.05) is 19.6 Å². The van der Waals surface area contributed by atoms with E-state index < -0.39 is 23.8 Å². The Bertz CT molecular complexity index is 826. The van der Waals surface area contributed by atoms with Crippen LogP contribution in [0.3, 0.4) is 0 Å². The van der Waals surface area contributed by atoms with Crippen LogP contribution in [0.25, 0.3) is 0 Å². The zero-order valence-electron chi connectivity index (χ0n) is 15.7. The van der Waals surface area contributed by atoms with Crippen LogP contribution in [0, 0.1) is 17.8 Å². The first-order valence-electron chi connectivity index (χ1n) is 9.33. The molecule has 0 aliphatic carbocycles. The third kappa shape index (κ3) is 3.51. The third-order valence-corrected chi connectivity index (χ3v) is 7.61. The second-order valence-electron chi connectivity index (χ2n) is 7.21. The summed E-state index contributed by atoms with van der Waals surface area (Å²) in [6.45, 7) is 2.55. The quantitative estimate of drug-likeness (QED) is 0.731. The first-order chi connectivity index (χ1) is 13.6. The summed E-state index contributed by atoms with van der Waals surface area (Å²) in [5.74, 6) is 6.19. The summed E-state index contributed by atoms with van der Waals surface area (Å²) < 4.78 is 12.0. The molecular weight excluding hydrogens is 394 g/mol. The Balaban J connectivity index is 1.80. The van der Waals surface area contributed by atoms with Crippen LogP contribution >= 0.6 is 22.7 Å². The lowest BCUT2D eigenvalue weighted by molar-refractivity contribution is -0.145. The van der Waals surface area contributed by atoms with Gasteiger partial charge in [-0.15, -0.1) is 22.7 Å². The molecule has 28 heavy (non-hydrogen) atoms. The van der Waals surface area contributed by atoms with Gasteiger partial charge < -0.3 is 14.6 Å². The third-order valence-electron chi connectivity index (χ3n) is 5.67. The Morgan fingerprint density at radius 3 is 2.36 bits per heavy atom. The Morgan fingerprint density at radius 2 is 1.93 bits per heavy atom. The smallest absolute Gasteiger partial charge is 0.329 e. The van der Waals surface area contributed by atoms with Gasteiger partial charge in [-0.2, -0.15) is 0 Å². The van der Waals surface area contributed by atoms with Crippen molar-refractivity contribution in [3.8, 4) is 11.8 Å². The Morgan fingerprint density at radius 1 is 1.29 bits per heavy atom. The molecule has 2 aromatic heterocycles. The molecule has 3 fully saturated rings. The van der Waals surface area contributed by atoms with E-state index in [1.54, 1.807) is 7.11 Å². The molecule has 0 spiro atoms. The molecule has 0 saturated carbocycles. The van der Waals surface area contributed by atoms with Crippen molar-refractivity contribution in [3.05, 3.63) is 44.8 Å². The topological polar surface area (TPSA) is 59.0 Å². The molecule has 1 N–H and O–H groups in total. The lowest BCUT2D eigenvalue weighted by Gasteiger charge is -2.49. The number of nitrogens with zero attached hydrogens (tertiary/aromatic N) is 1. The largest absolute Gasteiger partial charge is 0.480 e. The molecule has 7 heteroatoms. The molecular formula is C21H23NO4S2. The van der Waals surface area contributed by atoms with Crippen molar-refractivity contribution in [3.63, 3.8) is 0 Å². The average Bonchev–Trinajstić information content (AvgIpc) is 3.44. The lowest BCUT2D eigenvalue weighted by Crippen LogP contribution is -2.59. The lowest BCUT2D eigenvalue weighted by atomic mass is 9.75. The summed E-state index contributed by atoms with van der Waals surface area (Å²) in [7, 11) is 1.73. The number of piperidine rings is 3. The Kier molecular flexibility index (Phi) is 5.59. The average molecular weight is 418 g/mol. The molecule has 0 radical (unpaired) electrons. The number of carboxylic acids is 1. The maximum Gasteiger partial charge on any atom is 0.329 e. The van der Waals surface area contributed by atoms with Gasteiger partial charge in [0.15, 0.2) is 5.60 Å². The Hall–Kier alpha value is -1.69. The molecule has 0 unspecified atom stereocenters. The summed E-state index contributed by atoms with van der Waals surface area (Å²) in [4.78, 5) is 15.5. The van der Waals surface area contributed by atoms with Crippen LogP contribution < -0.4 is 0 Å². The maximum absolute atomic E-state index is 11.3. The second-order valence-corrected chi connectivity index (χ2v) is 9.11. The molecule has 148 valence electrons. The molecule has 2 aromatic rings. The van der Waals surface area contributed by atoms with Gasteiger partial charge in [0.05, 0.1) is 9.75 Å². The summed E-state index contributed by atoms with van der Waals surface area (Å²) >= 11 is 3.05. The van der Waals surface area contributed by atoms with Gasteiger partial charge in [0.2, 0.25) is 0 Å². The predicted molar refractivity (Wildman–Crippen MR) is 110 cm³/mol. The maximum atomic E-state index is 11.3. The highest BCUT2D eigenvalue weighted by atomic mass is 32.1. The molecule has 3 aliphatic rings. The van der Waals surface area contributed by atoms with E-state index in [4.69, 9.17) is 9.47 Å². The summed E-state index contributed by atoms with van der Waals surface area (Å²) in [5.41, 5.74) is -1.64. The Labute approximate surface area is 172 Å². The van der Waals surface area contributed by atoms with E-state index in [9.17, 15) is 9.90 Å². The van der Waals surface area contributed by atoms with Crippen molar-refractivity contribution in [2.45, 2.75) is 24.0 Å². The van der Waals surface area contributed by atoms with E-state index >= 15 is 0 Å². The molecule has 5 nitrogen and oxygen atoms in total. The van der Waals surface area contributed by atoms with Gasteiger partial charge in [-0.25, -0.2) is 4.79 Å². The number of carboxylic acid groups (broad SMARTS) is 1. The number of carbonyl (C=O) groups is 1. The minimum Gasteiger partial charge on any atom is -0.480 e.